The molecule has 4 N–H and O–H groups in total. The van der Waals surface area contributed by atoms with E-state index in [1.807, 2.05) is 30.3 Å². The topological polar surface area (TPSA) is 67.1 Å². The van der Waals surface area contributed by atoms with Gasteiger partial charge in [0.1, 0.15) is 0 Å². The van der Waals surface area contributed by atoms with Gasteiger partial charge in [0.05, 0.1) is 5.54 Å². The summed E-state index contributed by atoms with van der Waals surface area (Å²) in [6.07, 6.45) is 4.19. The number of hydrogen-bond acceptors (Lipinski definition) is 2. The number of nitrogens with one attached hydrogen (secondary N) is 2. The van der Waals surface area contributed by atoms with Crippen molar-refractivity contribution < 1.29 is 4.79 Å². The Labute approximate surface area is 114 Å². The summed E-state index contributed by atoms with van der Waals surface area (Å²) in [6.45, 7) is 2.76. The molecule has 19 heavy (non-hydrogen) atoms. The Morgan fingerprint density at radius 1 is 1.32 bits per heavy atom. The maximum atomic E-state index is 12.0. The van der Waals surface area contributed by atoms with Crippen molar-refractivity contribution in [3.05, 3.63) is 30.3 Å². The van der Waals surface area contributed by atoms with Crippen LogP contribution in [0.15, 0.2) is 30.3 Å². The van der Waals surface area contributed by atoms with E-state index in [0.29, 0.717) is 6.54 Å². The van der Waals surface area contributed by atoms with Gasteiger partial charge < -0.3 is 16.4 Å². The van der Waals surface area contributed by atoms with E-state index in [-0.39, 0.29) is 11.6 Å². The number of para-hydroxylation sites is 1. The molecular weight excluding hydrogens is 238 g/mol. The Balaban J connectivity index is 1.93. The number of nitrogens with two attached hydrogens (primary N) is 1. The van der Waals surface area contributed by atoms with Crippen molar-refractivity contribution in [1.29, 1.82) is 0 Å². The fourth-order valence-electron chi connectivity index (χ4n) is 2.62. The maximum absolute atomic E-state index is 12.0. The van der Waals surface area contributed by atoms with E-state index in [1.165, 1.54) is 0 Å². The average molecular weight is 261 g/mol. The predicted octanol–water partition coefficient (Wildman–Crippen LogP) is 2.72. The lowest BCUT2D eigenvalue weighted by atomic mass is 9.77. The van der Waals surface area contributed by atoms with Crippen LogP contribution in [-0.2, 0) is 0 Å². The van der Waals surface area contributed by atoms with Gasteiger partial charge in [-0.25, -0.2) is 4.79 Å². The molecule has 0 atom stereocenters. The molecule has 0 radical (unpaired) electrons. The van der Waals surface area contributed by atoms with Gasteiger partial charge in [-0.15, -0.1) is 0 Å². The number of amides is 2. The SMILES string of the molecule is CC1CCC(CN)(NC(=O)Nc2ccccc2)CC1. The highest BCUT2D eigenvalue weighted by molar-refractivity contribution is 5.89. The van der Waals surface area contributed by atoms with E-state index >= 15 is 0 Å². The number of benzene rings is 1. The number of rotatable bonds is 3. The molecule has 1 saturated carbocycles. The number of hydrogen-bond donors (Lipinski definition) is 3. The molecule has 1 aliphatic carbocycles. The van der Waals surface area contributed by atoms with E-state index in [2.05, 4.69) is 17.6 Å². The van der Waals surface area contributed by atoms with Crippen LogP contribution in [-0.4, -0.2) is 18.1 Å². The third-order valence-corrected chi connectivity index (χ3v) is 4.03. The first-order valence-electron chi connectivity index (χ1n) is 6.98. The fourth-order valence-corrected chi connectivity index (χ4v) is 2.62. The molecule has 4 heteroatoms. The van der Waals surface area contributed by atoms with E-state index in [4.69, 9.17) is 5.73 Å². The van der Waals surface area contributed by atoms with Crippen molar-refractivity contribution in [3.63, 3.8) is 0 Å². The molecule has 0 spiro atoms. The fraction of sp³-hybridized carbons (Fsp3) is 0.533. The van der Waals surface area contributed by atoms with Crippen molar-refractivity contribution in [2.75, 3.05) is 11.9 Å². The van der Waals surface area contributed by atoms with Crippen molar-refractivity contribution >= 4 is 11.7 Å². The van der Waals surface area contributed by atoms with Gasteiger partial charge in [0.15, 0.2) is 0 Å². The smallest absolute Gasteiger partial charge is 0.319 e. The average Bonchev–Trinajstić information content (AvgIpc) is 2.43. The molecule has 2 rings (SSSR count). The van der Waals surface area contributed by atoms with E-state index in [9.17, 15) is 4.79 Å². The summed E-state index contributed by atoms with van der Waals surface area (Å²) in [5, 5.41) is 5.93. The second-order valence-corrected chi connectivity index (χ2v) is 5.61. The molecule has 0 saturated heterocycles. The van der Waals surface area contributed by atoms with Crippen LogP contribution in [0.1, 0.15) is 32.6 Å². The Morgan fingerprint density at radius 2 is 1.95 bits per heavy atom. The van der Waals surface area contributed by atoms with Crippen LogP contribution < -0.4 is 16.4 Å². The first kappa shape index (κ1) is 13.9. The van der Waals surface area contributed by atoms with Gasteiger partial charge in [-0.05, 0) is 43.7 Å². The minimum Gasteiger partial charge on any atom is -0.331 e. The van der Waals surface area contributed by atoms with Crippen LogP contribution in [0, 0.1) is 5.92 Å². The van der Waals surface area contributed by atoms with E-state index in [1.54, 1.807) is 0 Å². The Bertz CT molecular complexity index is 411. The molecule has 0 aliphatic heterocycles. The summed E-state index contributed by atoms with van der Waals surface area (Å²) in [4.78, 5) is 12.0. The summed E-state index contributed by atoms with van der Waals surface area (Å²) < 4.78 is 0. The van der Waals surface area contributed by atoms with Crippen LogP contribution >= 0.6 is 0 Å². The minimum atomic E-state index is -0.231. The van der Waals surface area contributed by atoms with Crippen LogP contribution in [0.5, 0.6) is 0 Å². The molecule has 1 aromatic carbocycles. The molecular formula is C15H23N3O. The standard InChI is InChI=1S/C15H23N3O/c1-12-7-9-15(11-16,10-8-12)18-14(19)17-13-5-3-2-4-6-13/h2-6,12H,7-11,16H2,1H3,(H2,17,18,19). The van der Waals surface area contributed by atoms with Crippen LogP contribution in [0.25, 0.3) is 0 Å². The Kier molecular flexibility index (Phi) is 4.43. The summed E-state index contributed by atoms with van der Waals surface area (Å²) in [5.41, 5.74) is 6.45. The lowest BCUT2D eigenvalue weighted by Gasteiger charge is -2.39. The highest BCUT2D eigenvalue weighted by atomic mass is 16.2. The second kappa shape index (κ2) is 6.06. The molecule has 1 aliphatic rings. The first-order valence-corrected chi connectivity index (χ1v) is 6.98. The Hall–Kier alpha value is -1.55. The zero-order valence-corrected chi connectivity index (χ0v) is 11.5. The number of carbonyl (C=O) groups is 1. The van der Waals surface area contributed by atoms with Gasteiger partial charge in [0.2, 0.25) is 0 Å². The third kappa shape index (κ3) is 3.70. The largest absolute Gasteiger partial charge is 0.331 e. The van der Waals surface area contributed by atoms with Gasteiger partial charge in [-0.3, -0.25) is 0 Å². The highest BCUT2D eigenvalue weighted by Crippen LogP contribution is 2.31. The van der Waals surface area contributed by atoms with Crippen molar-refractivity contribution in [2.45, 2.75) is 38.1 Å². The second-order valence-electron chi connectivity index (χ2n) is 5.61. The quantitative estimate of drug-likeness (QED) is 0.783. The van der Waals surface area contributed by atoms with Gasteiger partial charge in [0, 0.05) is 12.2 Å². The minimum absolute atomic E-state index is 0.161. The number of anilines is 1. The van der Waals surface area contributed by atoms with Crippen molar-refractivity contribution in [3.8, 4) is 0 Å². The summed E-state index contributed by atoms with van der Waals surface area (Å²) in [6, 6.07) is 9.31. The van der Waals surface area contributed by atoms with Gasteiger partial charge >= 0.3 is 6.03 Å². The van der Waals surface area contributed by atoms with Crippen molar-refractivity contribution in [1.82, 2.24) is 5.32 Å². The number of carbonyl (C=O) groups excluding carboxylic acids is 1. The van der Waals surface area contributed by atoms with Crippen LogP contribution in [0.3, 0.4) is 0 Å². The molecule has 0 bridgehead atoms. The van der Waals surface area contributed by atoms with Gasteiger partial charge in [0.25, 0.3) is 0 Å². The van der Waals surface area contributed by atoms with Gasteiger partial charge in [-0.2, -0.15) is 0 Å². The Morgan fingerprint density at radius 3 is 2.53 bits per heavy atom. The first-order chi connectivity index (χ1) is 9.13. The molecule has 0 heterocycles. The zero-order valence-electron chi connectivity index (χ0n) is 11.5. The summed E-state index contributed by atoms with van der Waals surface area (Å²) >= 11 is 0. The molecule has 4 nitrogen and oxygen atoms in total. The number of urea groups is 1. The normalized spacial score (nSPS) is 26.7. The van der Waals surface area contributed by atoms with E-state index in [0.717, 1.165) is 37.3 Å². The molecule has 1 fully saturated rings. The van der Waals surface area contributed by atoms with E-state index < -0.39 is 0 Å². The molecule has 104 valence electrons. The van der Waals surface area contributed by atoms with Gasteiger partial charge in [-0.1, -0.05) is 25.1 Å². The monoisotopic (exact) mass is 261 g/mol. The van der Waals surface area contributed by atoms with Crippen LogP contribution in [0.2, 0.25) is 0 Å². The molecule has 1 aromatic rings. The highest BCUT2D eigenvalue weighted by Gasteiger charge is 2.34. The lowest BCUT2D eigenvalue weighted by Crippen LogP contribution is -2.56. The lowest BCUT2D eigenvalue weighted by molar-refractivity contribution is 0.196. The van der Waals surface area contributed by atoms with Crippen molar-refractivity contribution in [2.24, 2.45) is 11.7 Å². The third-order valence-electron chi connectivity index (χ3n) is 4.03. The summed E-state index contributed by atoms with van der Waals surface area (Å²) in [7, 11) is 0. The van der Waals surface area contributed by atoms with Crippen LogP contribution in [0.4, 0.5) is 10.5 Å². The summed E-state index contributed by atoms with van der Waals surface area (Å²) in [5.74, 6) is 0.735. The predicted molar refractivity (Wildman–Crippen MR) is 78.0 cm³/mol. The maximum Gasteiger partial charge on any atom is 0.319 e. The molecule has 2 amide bonds. The molecule has 0 unspecified atom stereocenters. The molecule has 0 aromatic heterocycles. The zero-order chi connectivity index (χ0) is 13.7.